The number of thioether (sulfide) groups is 1. The Morgan fingerprint density at radius 2 is 2.27 bits per heavy atom. The minimum atomic E-state index is -0.192. The zero-order chi connectivity index (χ0) is 11.1. The zero-order valence-electron chi connectivity index (χ0n) is 9.32. The van der Waals surface area contributed by atoms with Crippen LogP contribution in [0.1, 0.15) is 12.8 Å². The second-order valence-electron chi connectivity index (χ2n) is 3.51. The van der Waals surface area contributed by atoms with E-state index in [1.54, 1.807) is 7.05 Å². The molecule has 0 spiro atoms. The summed E-state index contributed by atoms with van der Waals surface area (Å²) >= 11 is 1.83. The van der Waals surface area contributed by atoms with E-state index in [1.165, 1.54) is 7.11 Å². The van der Waals surface area contributed by atoms with Crippen molar-refractivity contribution in [1.82, 2.24) is 5.32 Å². The largest absolute Gasteiger partial charge is 0.468 e. The molecule has 1 heterocycles. The van der Waals surface area contributed by atoms with E-state index in [9.17, 15) is 4.79 Å². The molecule has 0 amide bonds. The minimum absolute atomic E-state index is 0.183. The summed E-state index contributed by atoms with van der Waals surface area (Å²) in [5.41, 5.74) is 0. The molecular weight excluding hydrogens is 214 g/mol. The molecule has 0 bridgehead atoms. The molecule has 1 fully saturated rings. The first kappa shape index (κ1) is 12.8. The zero-order valence-corrected chi connectivity index (χ0v) is 10.1. The van der Waals surface area contributed by atoms with Crippen molar-refractivity contribution in [3.63, 3.8) is 0 Å². The molecule has 1 atom stereocenters. The average Bonchev–Trinajstić information content (AvgIpc) is 2.31. The molecule has 4 nitrogen and oxygen atoms in total. The quantitative estimate of drug-likeness (QED) is 0.707. The van der Waals surface area contributed by atoms with E-state index >= 15 is 0 Å². The normalized spacial score (nSPS) is 19.9. The summed E-state index contributed by atoms with van der Waals surface area (Å²) in [4.78, 5) is 11.3. The molecule has 0 aromatic rings. The van der Waals surface area contributed by atoms with Crippen molar-refractivity contribution in [3.05, 3.63) is 0 Å². The number of nitrogens with one attached hydrogen (secondary N) is 1. The van der Waals surface area contributed by atoms with Gasteiger partial charge in [0.1, 0.15) is 6.04 Å². The second-order valence-corrected chi connectivity index (χ2v) is 4.84. The second kappa shape index (κ2) is 7.09. The summed E-state index contributed by atoms with van der Waals surface area (Å²) in [7, 11) is 3.21. The summed E-state index contributed by atoms with van der Waals surface area (Å²) in [5.74, 6) is 0.588. The molecule has 1 unspecified atom stereocenters. The van der Waals surface area contributed by atoms with Gasteiger partial charge in [-0.2, -0.15) is 11.8 Å². The van der Waals surface area contributed by atoms with Gasteiger partial charge in [0, 0.05) is 24.2 Å². The van der Waals surface area contributed by atoms with Gasteiger partial charge < -0.3 is 14.8 Å². The Balaban J connectivity index is 2.23. The van der Waals surface area contributed by atoms with Crippen molar-refractivity contribution >= 4 is 17.7 Å². The van der Waals surface area contributed by atoms with Gasteiger partial charge in [0.05, 0.1) is 7.11 Å². The highest BCUT2D eigenvalue weighted by Gasteiger charge is 2.20. The molecule has 0 saturated carbocycles. The predicted molar refractivity (Wildman–Crippen MR) is 61.2 cm³/mol. The Morgan fingerprint density at radius 1 is 1.60 bits per heavy atom. The van der Waals surface area contributed by atoms with Crippen LogP contribution in [0.15, 0.2) is 0 Å². The van der Waals surface area contributed by atoms with Gasteiger partial charge in [-0.25, -0.2) is 0 Å². The standard InChI is InChI=1S/C10H19NO3S/c1-11-9(10(12)13-2)7-15-8-3-5-14-6-4-8/h8-9,11H,3-7H2,1-2H3. The third kappa shape index (κ3) is 4.40. The maximum atomic E-state index is 11.3. The highest BCUT2D eigenvalue weighted by atomic mass is 32.2. The molecule has 5 heteroatoms. The Morgan fingerprint density at radius 3 is 2.80 bits per heavy atom. The predicted octanol–water partition coefficient (Wildman–Crippen LogP) is 0.660. The summed E-state index contributed by atoms with van der Waals surface area (Å²) < 4.78 is 9.98. The van der Waals surface area contributed by atoms with Gasteiger partial charge in [-0.1, -0.05) is 0 Å². The number of hydrogen-bond acceptors (Lipinski definition) is 5. The summed E-state index contributed by atoms with van der Waals surface area (Å²) in [6.45, 7) is 1.69. The third-order valence-corrected chi connectivity index (χ3v) is 3.97. The average molecular weight is 233 g/mol. The van der Waals surface area contributed by atoms with Gasteiger partial charge >= 0.3 is 5.97 Å². The van der Waals surface area contributed by atoms with Gasteiger partial charge in [-0.15, -0.1) is 0 Å². The van der Waals surface area contributed by atoms with Crippen molar-refractivity contribution < 1.29 is 14.3 Å². The van der Waals surface area contributed by atoms with Crippen LogP contribution in [0, 0.1) is 0 Å². The van der Waals surface area contributed by atoms with Crippen LogP contribution in [0.5, 0.6) is 0 Å². The fourth-order valence-corrected chi connectivity index (χ4v) is 2.78. The van der Waals surface area contributed by atoms with Gasteiger partial charge in [-0.05, 0) is 19.9 Å². The van der Waals surface area contributed by atoms with Crippen molar-refractivity contribution in [2.24, 2.45) is 0 Å². The van der Waals surface area contributed by atoms with Gasteiger partial charge in [0.2, 0.25) is 0 Å². The molecule has 15 heavy (non-hydrogen) atoms. The van der Waals surface area contributed by atoms with E-state index in [-0.39, 0.29) is 12.0 Å². The first-order valence-corrected chi connectivity index (χ1v) is 6.27. The van der Waals surface area contributed by atoms with E-state index in [0.717, 1.165) is 31.8 Å². The number of rotatable bonds is 5. The lowest BCUT2D eigenvalue weighted by Crippen LogP contribution is -2.38. The Hall–Kier alpha value is -0.260. The number of hydrogen-bond donors (Lipinski definition) is 1. The fraction of sp³-hybridized carbons (Fsp3) is 0.900. The lowest BCUT2D eigenvalue weighted by atomic mass is 10.2. The Kier molecular flexibility index (Phi) is 6.05. The molecule has 0 aromatic heterocycles. The third-order valence-electron chi connectivity index (χ3n) is 2.50. The van der Waals surface area contributed by atoms with E-state index in [0.29, 0.717) is 5.25 Å². The van der Waals surface area contributed by atoms with E-state index in [1.807, 2.05) is 11.8 Å². The van der Waals surface area contributed by atoms with Crippen molar-refractivity contribution in [2.45, 2.75) is 24.1 Å². The van der Waals surface area contributed by atoms with E-state index < -0.39 is 0 Å². The summed E-state index contributed by atoms with van der Waals surface area (Å²) in [6.07, 6.45) is 2.17. The summed E-state index contributed by atoms with van der Waals surface area (Å²) in [5, 5.41) is 3.59. The van der Waals surface area contributed by atoms with Gasteiger partial charge in [0.15, 0.2) is 0 Å². The molecule has 1 rings (SSSR count). The maximum Gasteiger partial charge on any atom is 0.323 e. The number of methoxy groups -OCH3 is 1. The van der Waals surface area contributed by atoms with Crippen LogP contribution < -0.4 is 5.32 Å². The smallest absolute Gasteiger partial charge is 0.323 e. The number of carbonyl (C=O) groups is 1. The van der Waals surface area contributed by atoms with Crippen molar-refractivity contribution in [1.29, 1.82) is 0 Å². The number of likely N-dealkylation sites (N-methyl/N-ethyl adjacent to an activating group) is 1. The molecule has 0 radical (unpaired) electrons. The lowest BCUT2D eigenvalue weighted by Gasteiger charge is -2.23. The van der Waals surface area contributed by atoms with Crippen LogP contribution in [0.25, 0.3) is 0 Å². The number of esters is 1. The van der Waals surface area contributed by atoms with Crippen LogP contribution in [0.2, 0.25) is 0 Å². The number of carbonyl (C=O) groups excluding carboxylic acids is 1. The Labute approximate surface area is 95.1 Å². The lowest BCUT2D eigenvalue weighted by molar-refractivity contribution is -0.142. The van der Waals surface area contributed by atoms with Crippen LogP contribution >= 0.6 is 11.8 Å². The molecule has 0 aliphatic carbocycles. The SMILES string of the molecule is CNC(CSC1CCOCC1)C(=O)OC. The van der Waals surface area contributed by atoms with Gasteiger partial charge in [0.25, 0.3) is 0 Å². The highest BCUT2D eigenvalue weighted by Crippen LogP contribution is 2.22. The number of ether oxygens (including phenoxy) is 2. The molecule has 0 aromatic carbocycles. The molecule has 88 valence electrons. The van der Waals surface area contributed by atoms with Crippen molar-refractivity contribution in [2.75, 3.05) is 33.1 Å². The van der Waals surface area contributed by atoms with E-state index in [2.05, 4.69) is 5.32 Å². The van der Waals surface area contributed by atoms with Crippen LogP contribution in [-0.4, -0.2) is 50.4 Å². The molecule has 1 aliphatic heterocycles. The minimum Gasteiger partial charge on any atom is -0.468 e. The topological polar surface area (TPSA) is 47.6 Å². The molecule has 1 saturated heterocycles. The first-order chi connectivity index (χ1) is 7.27. The molecule has 1 N–H and O–H groups in total. The summed E-state index contributed by atoms with van der Waals surface area (Å²) in [6, 6.07) is -0.192. The monoisotopic (exact) mass is 233 g/mol. The van der Waals surface area contributed by atoms with E-state index in [4.69, 9.17) is 9.47 Å². The first-order valence-electron chi connectivity index (χ1n) is 5.22. The maximum absolute atomic E-state index is 11.3. The molecule has 1 aliphatic rings. The van der Waals surface area contributed by atoms with Crippen molar-refractivity contribution in [3.8, 4) is 0 Å². The van der Waals surface area contributed by atoms with Gasteiger partial charge in [-0.3, -0.25) is 4.79 Å². The fourth-order valence-electron chi connectivity index (χ4n) is 1.49. The molecular formula is C10H19NO3S. The Bertz CT molecular complexity index is 195. The van der Waals surface area contributed by atoms with Crippen LogP contribution in [0.3, 0.4) is 0 Å². The van der Waals surface area contributed by atoms with Crippen LogP contribution in [-0.2, 0) is 14.3 Å². The highest BCUT2D eigenvalue weighted by molar-refractivity contribution is 7.99. The van der Waals surface area contributed by atoms with Crippen LogP contribution in [0.4, 0.5) is 0 Å².